The monoisotopic (exact) mass is 533 g/mol. The van der Waals surface area contributed by atoms with Crippen LogP contribution in [-0.2, 0) is 20.4 Å². The van der Waals surface area contributed by atoms with E-state index in [-0.39, 0.29) is 6.61 Å². The number of esters is 1. The zero-order valence-corrected chi connectivity index (χ0v) is 21.5. The minimum atomic E-state index is -1.11. The first kappa shape index (κ1) is 26.9. The van der Waals surface area contributed by atoms with Crippen LogP contribution >= 0.6 is 0 Å². The van der Waals surface area contributed by atoms with Crippen LogP contribution in [0, 0.1) is 29.3 Å². The lowest BCUT2D eigenvalue weighted by atomic mass is 10.1. The number of halogens is 3. The molecule has 0 aliphatic heterocycles. The largest absolute Gasteiger partial charge is 0.482 e. The molecule has 0 aliphatic carbocycles. The third-order valence-electron chi connectivity index (χ3n) is 5.17. The van der Waals surface area contributed by atoms with Crippen LogP contribution in [0.5, 0.6) is 5.75 Å². The Hall–Kier alpha value is -4.15. The molecule has 0 fully saturated rings. The van der Waals surface area contributed by atoms with Crippen LogP contribution in [-0.4, -0.2) is 18.2 Å². The summed E-state index contributed by atoms with van der Waals surface area (Å²) in [5, 5.41) is 0. The molecule has 0 saturated carbocycles. The Balaban J connectivity index is 1.43. The number of hydrogen-bond acceptors (Lipinski definition) is 3. The number of carbonyl (C=O) groups is 1. The number of carbonyl (C=O) groups excluding carboxylic acids is 1. The number of hydrogen-bond donors (Lipinski definition) is 0. The van der Waals surface area contributed by atoms with Gasteiger partial charge in [-0.05, 0) is 68.4 Å². The minimum Gasteiger partial charge on any atom is -0.482 e. The van der Waals surface area contributed by atoms with Gasteiger partial charge in [0.25, 0.3) is 0 Å². The van der Waals surface area contributed by atoms with Gasteiger partial charge < -0.3 is 9.47 Å². The van der Waals surface area contributed by atoms with Gasteiger partial charge in [-0.2, -0.15) is 0 Å². The second-order valence-electron chi connectivity index (χ2n) is 8.73. The molecule has 1 unspecified atom stereocenters. The van der Waals surface area contributed by atoms with Crippen LogP contribution < -0.4 is 4.74 Å². The average Bonchev–Trinajstić information content (AvgIpc) is 2.87. The molecule has 0 aliphatic rings. The number of rotatable bonds is 7. The molecule has 0 saturated heterocycles. The number of ether oxygens (including phenoxy) is 2. The van der Waals surface area contributed by atoms with Crippen molar-refractivity contribution in [3.8, 4) is 17.6 Å². The van der Waals surface area contributed by atoms with Crippen molar-refractivity contribution in [1.82, 2.24) is 0 Å². The van der Waals surface area contributed by atoms with Gasteiger partial charge in [-0.25, -0.2) is 18.0 Å². The summed E-state index contributed by atoms with van der Waals surface area (Å²) in [5.41, 5.74) is -0.637. The minimum absolute atomic E-state index is 0.343. The zero-order valence-electron chi connectivity index (χ0n) is 20.7. The molecule has 192 valence electrons. The van der Waals surface area contributed by atoms with Crippen molar-refractivity contribution in [2.45, 2.75) is 34.1 Å². The van der Waals surface area contributed by atoms with E-state index in [1.54, 1.807) is 50.2 Å². The molecule has 0 heterocycles. The number of benzene rings is 4. The molecule has 0 amide bonds. The molecule has 1 atom stereocenters. The normalized spacial score (nSPS) is 11.7. The van der Waals surface area contributed by atoms with Crippen molar-refractivity contribution in [3.63, 3.8) is 0 Å². The highest BCUT2D eigenvalue weighted by molar-refractivity contribution is 7.97. The highest BCUT2D eigenvalue weighted by Gasteiger charge is 2.30. The summed E-state index contributed by atoms with van der Waals surface area (Å²) in [6.45, 7) is 2.92. The summed E-state index contributed by atoms with van der Waals surface area (Å²) in [7, 11) is -0.755. The van der Waals surface area contributed by atoms with Crippen molar-refractivity contribution >= 4 is 16.9 Å². The van der Waals surface area contributed by atoms with Crippen LogP contribution in [0.1, 0.15) is 19.4 Å². The van der Waals surface area contributed by atoms with Crippen LogP contribution in [0.3, 0.4) is 0 Å². The van der Waals surface area contributed by atoms with Crippen LogP contribution in [0.15, 0.2) is 112 Å². The molecular formula is C31H24F3O3S+. The molecule has 0 N–H and O–H groups in total. The lowest BCUT2D eigenvalue weighted by molar-refractivity contribution is -0.154. The summed E-state index contributed by atoms with van der Waals surface area (Å²) >= 11 is 0. The van der Waals surface area contributed by atoms with E-state index in [4.69, 9.17) is 9.47 Å². The molecular weight excluding hydrogens is 509 g/mol. The van der Waals surface area contributed by atoms with E-state index in [0.29, 0.717) is 16.2 Å². The van der Waals surface area contributed by atoms with Crippen LogP contribution in [0.4, 0.5) is 13.2 Å². The predicted octanol–water partition coefficient (Wildman–Crippen LogP) is 6.95. The quantitative estimate of drug-likeness (QED) is 0.147. The maximum atomic E-state index is 14.0. The fourth-order valence-corrected chi connectivity index (χ4v) is 5.67. The average molecular weight is 534 g/mol. The molecule has 3 nitrogen and oxygen atoms in total. The van der Waals surface area contributed by atoms with Crippen LogP contribution in [0.25, 0.3) is 0 Å². The molecule has 38 heavy (non-hydrogen) atoms. The van der Waals surface area contributed by atoms with Crippen molar-refractivity contribution in [3.05, 3.63) is 120 Å². The van der Waals surface area contributed by atoms with E-state index < -0.39 is 39.9 Å². The van der Waals surface area contributed by atoms with Gasteiger partial charge >= 0.3 is 5.97 Å². The van der Waals surface area contributed by atoms with Gasteiger partial charge in [0.1, 0.15) is 23.2 Å². The zero-order chi connectivity index (χ0) is 27.1. The highest BCUT2D eigenvalue weighted by Crippen LogP contribution is 2.33. The van der Waals surface area contributed by atoms with Crippen molar-refractivity contribution in [2.24, 2.45) is 0 Å². The third-order valence-corrected chi connectivity index (χ3v) is 7.36. The molecule has 0 aromatic heterocycles. The van der Waals surface area contributed by atoms with E-state index in [9.17, 15) is 18.0 Å². The fraction of sp³-hybridized carbons (Fsp3) is 0.129. The predicted molar refractivity (Wildman–Crippen MR) is 140 cm³/mol. The van der Waals surface area contributed by atoms with Gasteiger partial charge in [0.2, 0.25) is 0 Å². The first-order chi connectivity index (χ1) is 18.2. The first-order valence-electron chi connectivity index (χ1n) is 11.7. The smallest absolute Gasteiger partial charge is 0.345 e. The van der Waals surface area contributed by atoms with Gasteiger partial charge in [0, 0.05) is 23.8 Å². The Morgan fingerprint density at radius 1 is 0.763 bits per heavy atom. The molecule has 4 aromatic carbocycles. The Kier molecular flexibility index (Phi) is 8.45. The van der Waals surface area contributed by atoms with Crippen molar-refractivity contribution < 1.29 is 27.4 Å². The highest BCUT2D eigenvalue weighted by atomic mass is 32.2. The summed E-state index contributed by atoms with van der Waals surface area (Å²) < 4.78 is 52.3. The Morgan fingerprint density at radius 3 is 2.08 bits per heavy atom. The van der Waals surface area contributed by atoms with E-state index in [2.05, 4.69) is 11.8 Å². The maximum Gasteiger partial charge on any atom is 0.345 e. The Labute approximate surface area is 222 Å². The van der Waals surface area contributed by atoms with Gasteiger partial charge in [0.05, 0.1) is 10.9 Å². The summed E-state index contributed by atoms with van der Waals surface area (Å²) in [6.07, 6.45) is 0. The molecule has 7 heteroatoms. The lowest BCUT2D eigenvalue weighted by Crippen LogP contribution is -2.29. The van der Waals surface area contributed by atoms with Gasteiger partial charge in [-0.15, -0.1) is 0 Å². The van der Waals surface area contributed by atoms with E-state index in [1.807, 2.05) is 30.3 Å². The molecule has 4 aromatic rings. The Bertz CT molecular complexity index is 1460. The van der Waals surface area contributed by atoms with Gasteiger partial charge in [-0.3, -0.25) is 0 Å². The summed E-state index contributed by atoms with van der Waals surface area (Å²) in [5.74, 6) is 3.75. The molecule has 4 rings (SSSR count). The second-order valence-corrected chi connectivity index (χ2v) is 10.8. The van der Waals surface area contributed by atoms with Crippen molar-refractivity contribution in [2.75, 3.05) is 6.61 Å². The third kappa shape index (κ3) is 7.44. The van der Waals surface area contributed by atoms with Crippen molar-refractivity contribution in [1.29, 1.82) is 0 Å². The molecule has 0 bridgehead atoms. The van der Waals surface area contributed by atoms with E-state index in [1.165, 1.54) is 24.3 Å². The van der Waals surface area contributed by atoms with Crippen LogP contribution in [0.2, 0.25) is 0 Å². The molecule has 0 spiro atoms. The van der Waals surface area contributed by atoms with Gasteiger partial charge in [0.15, 0.2) is 26.9 Å². The van der Waals surface area contributed by atoms with E-state index >= 15 is 0 Å². The standard InChI is InChI=1S/C31H24F3O3S/c1-31(2,16-15-22-7-6-8-23(32)17-22)37-30(35)21-36-26-11-13-28(14-12-26)38(27-9-4-3-5-10-27)29-19-24(33)18-25(34)20-29/h3-14,17-20H,21H2,1-2H3/q+1. The topological polar surface area (TPSA) is 35.5 Å². The Morgan fingerprint density at radius 2 is 1.42 bits per heavy atom. The second kappa shape index (κ2) is 11.9. The lowest BCUT2D eigenvalue weighted by Gasteiger charge is -2.19. The molecule has 0 radical (unpaired) electrons. The van der Waals surface area contributed by atoms with E-state index in [0.717, 1.165) is 15.9 Å². The summed E-state index contributed by atoms with van der Waals surface area (Å²) in [6, 6.07) is 25.8. The van der Waals surface area contributed by atoms with Gasteiger partial charge in [-0.1, -0.05) is 36.1 Å². The fourth-order valence-electron chi connectivity index (χ4n) is 3.55. The maximum absolute atomic E-state index is 14.0. The summed E-state index contributed by atoms with van der Waals surface area (Å²) in [4.78, 5) is 14.6. The SMILES string of the molecule is CC(C)(C#Cc1cccc(F)c1)OC(=O)COc1ccc([S+](c2ccccc2)c2cc(F)cc(F)c2)cc1. The first-order valence-corrected chi connectivity index (χ1v) is 12.9.